The normalized spacial score (nSPS) is 18.3. The fourth-order valence-electron chi connectivity index (χ4n) is 2.24. The number of aromatic nitrogens is 5. The van der Waals surface area contributed by atoms with Crippen molar-refractivity contribution in [3.05, 3.63) is 30.4 Å². The van der Waals surface area contributed by atoms with Gasteiger partial charge in [-0.25, -0.2) is 9.97 Å². The smallest absolute Gasteiger partial charge is 0.288 e. The third-order valence-corrected chi connectivity index (χ3v) is 3.21. The van der Waals surface area contributed by atoms with Gasteiger partial charge in [-0.2, -0.15) is 5.10 Å². The lowest BCUT2D eigenvalue weighted by Crippen LogP contribution is -2.34. The summed E-state index contributed by atoms with van der Waals surface area (Å²) in [6.45, 7) is 1.56. The van der Waals surface area contributed by atoms with Crippen LogP contribution in [-0.4, -0.2) is 37.2 Å². The molecule has 1 atom stereocenters. The molecule has 0 fully saturated rings. The lowest BCUT2D eigenvalue weighted by Gasteiger charge is -2.23. The van der Waals surface area contributed by atoms with Crippen molar-refractivity contribution in [2.24, 2.45) is 5.92 Å². The second-order valence-electron chi connectivity index (χ2n) is 4.44. The number of nitrogens with zero attached hydrogens (tertiary/aromatic N) is 4. The number of aromatic amines is 1. The van der Waals surface area contributed by atoms with Crippen LogP contribution < -0.4 is 5.32 Å². The number of aryl methyl sites for hydroxylation is 1. The molecule has 3 rings (SSSR count). The molecule has 0 spiro atoms. The van der Waals surface area contributed by atoms with Gasteiger partial charge in [0.1, 0.15) is 12.2 Å². The molecule has 18 heavy (non-hydrogen) atoms. The van der Waals surface area contributed by atoms with Gasteiger partial charge in [0.25, 0.3) is 5.91 Å². The van der Waals surface area contributed by atoms with Crippen LogP contribution in [0, 0.1) is 5.92 Å². The van der Waals surface area contributed by atoms with Gasteiger partial charge in [-0.3, -0.25) is 9.89 Å². The van der Waals surface area contributed by atoms with Gasteiger partial charge >= 0.3 is 0 Å². The summed E-state index contributed by atoms with van der Waals surface area (Å²) in [6.07, 6.45) is 7.15. The van der Waals surface area contributed by atoms with Crippen molar-refractivity contribution in [2.45, 2.75) is 19.4 Å². The van der Waals surface area contributed by atoms with Gasteiger partial charge in [-0.1, -0.05) is 0 Å². The van der Waals surface area contributed by atoms with E-state index in [1.807, 2.05) is 12.4 Å². The van der Waals surface area contributed by atoms with E-state index in [9.17, 15) is 4.79 Å². The molecule has 94 valence electrons. The summed E-state index contributed by atoms with van der Waals surface area (Å²) in [7, 11) is 0. The van der Waals surface area contributed by atoms with Crippen molar-refractivity contribution in [2.75, 3.05) is 6.54 Å². The van der Waals surface area contributed by atoms with E-state index in [4.69, 9.17) is 0 Å². The summed E-state index contributed by atoms with van der Waals surface area (Å²) >= 11 is 0. The molecule has 0 saturated heterocycles. The first-order valence-electron chi connectivity index (χ1n) is 5.96. The van der Waals surface area contributed by atoms with Crippen LogP contribution in [0.15, 0.2) is 18.7 Å². The Morgan fingerprint density at radius 2 is 2.50 bits per heavy atom. The van der Waals surface area contributed by atoms with Crippen LogP contribution in [0.3, 0.4) is 0 Å². The average molecular weight is 246 g/mol. The maximum atomic E-state index is 11.7. The van der Waals surface area contributed by atoms with Gasteiger partial charge in [0.15, 0.2) is 0 Å². The Labute approximate surface area is 104 Å². The monoisotopic (exact) mass is 246 g/mol. The highest BCUT2D eigenvalue weighted by atomic mass is 16.2. The first-order valence-corrected chi connectivity index (χ1v) is 5.96. The van der Waals surface area contributed by atoms with Gasteiger partial charge in [0.2, 0.25) is 5.82 Å². The van der Waals surface area contributed by atoms with Crippen LogP contribution in [0.1, 0.15) is 22.9 Å². The molecule has 2 aromatic rings. The zero-order valence-corrected chi connectivity index (χ0v) is 9.83. The van der Waals surface area contributed by atoms with E-state index in [-0.39, 0.29) is 11.7 Å². The number of carbonyl (C=O) groups excluding carboxylic acids is 1. The Bertz CT molecular complexity index is 531. The maximum absolute atomic E-state index is 11.7. The molecule has 7 nitrogen and oxygen atoms in total. The number of carbonyl (C=O) groups is 1. The molecule has 0 aromatic carbocycles. The Hall–Kier alpha value is -2.18. The molecule has 0 radical (unpaired) electrons. The van der Waals surface area contributed by atoms with Gasteiger partial charge < -0.3 is 9.88 Å². The molecular weight excluding hydrogens is 232 g/mol. The third kappa shape index (κ3) is 2.11. The summed E-state index contributed by atoms with van der Waals surface area (Å²) < 4.78 is 2.15. The Balaban J connectivity index is 1.54. The number of nitrogens with one attached hydrogen (secondary N) is 2. The van der Waals surface area contributed by atoms with Gasteiger partial charge in [-0.15, -0.1) is 0 Å². The van der Waals surface area contributed by atoms with Crippen molar-refractivity contribution >= 4 is 5.91 Å². The van der Waals surface area contributed by atoms with Crippen LogP contribution in [0.25, 0.3) is 0 Å². The summed E-state index contributed by atoms with van der Waals surface area (Å²) in [6, 6.07) is 0. The van der Waals surface area contributed by atoms with Crippen molar-refractivity contribution in [1.29, 1.82) is 0 Å². The number of hydrogen-bond acceptors (Lipinski definition) is 4. The molecular formula is C11H14N6O. The summed E-state index contributed by atoms with van der Waals surface area (Å²) in [5, 5.41) is 9.07. The summed E-state index contributed by atoms with van der Waals surface area (Å²) in [5.41, 5.74) is 0. The number of amides is 1. The van der Waals surface area contributed by atoms with E-state index in [1.54, 1.807) is 0 Å². The number of H-pyrrole nitrogens is 1. The largest absolute Gasteiger partial charge is 0.349 e. The molecule has 2 aromatic heterocycles. The van der Waals surface area contributed by atoms with E-state index in [2.05, 4.69) is 30.0 Å². The maximum Gasteiger partial charge on any atom is 0.288 e. The predicted molar refractivity (Wildman–Crippen MR) is 62.8 cm³/mol. The summed E-state index contributed by atoms with van der Waals surface area (Å²) in [4.78, 5) is 19.8. The molecule has 0 bridgehead atoms. The van der Waals surface area contributed by atoms with Gasteiger partial charge in [0, 0.05) is 31.9 Å². The minimum Gasteiger partial charge on any atom is -0.349 e. The topological polar surface area (TPSA) is 88.5 Å². The first-order chi connectivity index (χ1) is 8.83. The fourth-order valence-corrected chi connectivity index (χ4v) is 2.24. The van der Waals surface area contributed by atoms with E-state index in [1.165, 1.54) is 6.33 Å². The molecule has 2 N–H and O–H groups in total. The number of hydrogen-bond donors (Lipinski definition) is 2. The van der Waals surface area contributed by atoms with Crippen molar-refractivity contribution < 1.29 is 4.79 Å². The predicted octanol–water partition coefficient (Wildman–Crippen LogP) is -0.00640. The number of fused-ring (bicyclic) bond motifs is 1. The van der Waals surface area contributed by atoms with E-state index < -0.39 is 0 Å². The standard InChI is InChI=1S/C11H14N6O/c18-11(10-14-7-15-16-10)13-5-8-1-2-9-12-3-4-17(9)6-8/h3-4,7-8H,1-2,5-6H2,(H,13,18)(H,14,15,16)/t8-/m0/s1. The molecule has 1 aliphatic rings. The molecule has 1 aliphatic heterocycles. The zero-order chi connectivity index (χ0) is 12.4. The van der Waals surface area contributed by atoms with Gasteiger partial charge in [-0.05, 0) is 12.3 Å². The lowest BCUT2D eigenvalue weighted by atomic mass is 9.99. The van der Waals surface area contributed by atoms with Crippen LogP contribution >= 0.6 is 0 Å². The quantitative estimate of drug-likeness (QED) is 0.797. The first kappa shape index (κ1) is 10.9. The highest BCUT2D eigenvalue weighted by Gasteiger charge is 2.19. The van der Waals surface area contributed by atoms with Crippen molar-refractivity contribution in [3.8, 4) is 0 Å². The van der Waals surface area contributed by atoms with Crippen LogP contribution in [0.5, 0.6) is 0 Å². The molecule has 1 amide bonds. The average Bonchev–Trinajstić information content (AvgIpc) is 3.05. The van der Waals surface area contributed by atoms with E-state index in [0.29, 0.717) is 12.5 Å². The van der Waals surface area contributed by atoms with Crippen molar-refractivity contribution in [3.63, 3.8) is 0 Å². The molecule has 3 heterocycles. The number of imidazole rings is 1. The number of rotatable bonds is 3. The highest BCUT2D eigenvalue weighted by Crippen LogP contribution is 2.17. The Morgan fingerprint density at radius 1 is 1.56 bits per heavy atom. The minimum absolute atomic E-state index is 0.205. The highest BCUT2D eigenvalue weighted by molar-refractivity contribution is 5.90. The second kappa shape index (κ2) is 4.59. The molecule has 0 unspecified atom stereocenters. The third-order valence-electron chi connectivity index (χ3n) is 3.21. The molecule has 7 heteroatoms. The zero-order valence-electron chi connectivity index (χ0n) is 9.83. The van der Waals surface area contributed by atoms with Crippen LogP contribution in [-0.2, 0) is 13.0 Å². The van der Waals surface area contributed by atoms with Crippen LogP contribution in [0.4, 0.5) is 0 Å². The van der Waals surface area contributed by atoms with E-state index in [0.717, 1.165) is 25.2 Å². The fraction of sp³-hybridized carbons (Fsp3) is 0.455. The minimum atomic E-state index is -0.205. The van der Waals surface area contributed by atoms with Crippen molar-refractivity contribution in [1.82, 2.24) is 30.0 Å². The lowest BCUT2D eigenvalue weighted by molar-refractivity contribution is 0.0933. The van der Waals surface area contributed by atoms with Gasteiger partial charge in [0.05, 0.1) is 0 Å². The summed E-state index contributed by atoms with van der Waals surface area (Å²) in [5.74, 6) is 1.63. The Morgan fingerprint density at radius 3 is 3.33 bits per heavy atom. The SMILES string of the molecule is O=C(NC[C@@H]1CCc2nccn2C1)c1ncn[nH]1. The molecule has 0 aliphatic carbocycles. The van der Waals surface area contributed by atoms with Crippen LogP contribution in [0.2, 0.25) is 0 Å². The Kier molecular flexibility index (Phi) is 2.79. The van der Waals surface area contributed by atoms with E-state index >= 15 is 0 Å². The second-order valence-corrected chi connectivity index (χ2v) is 4.44. The molecule has 0 saturated carbocycles.